The summed E-state index contributed by atoms with van der Waals surface area (Å²) in [5.41, 5.74) is 2.08. The molecule has 3 N–H and O–H groups in total. The van der Waals surface area contributed by atoms with Gasteiger partial charge in [-0.15, -0.1) is 0 Å². The lowest BCUT2D eigenvalue weighted by molar-refractivity contribution is 0.102. The van der Waals surface area contributed by atoms with Gasteiger partial charge in [-0.3, -0.25) is 4.79 Å². The molecule has 5 nitrogen and oxygen atoms in total. The van der Waals surface area contributed by atoms with E-state index in [1.807, 2.05) is 12.1 Å². The molecule has 0 fully saturated rings. The minimum absolute atomic E-state index is 0.105. The fraction of sp³-hybridized carbons (Fsp3) is 0.200. The number of anilines is 2. The highest BCUT2D eigenvalue weighted by Crippen LogP contribution is 2.20. The highest BCUT2D eigenvalue weighted by molar-refractivity contribution is 6.33. The molecular formula is C15H16ClN3O2. The van der Waals surface area contributed by atoms with Gasteiger partial charge < -0.3 is 15.7 Å². The van der Waals surface area contributed by atoms with E-state index in [-0.39, 0.29) is 12.5 Å². The molecule has 0 saturated carbocycles. The fourth-order valence-electron chi connectivity index (χ4n) is 1.83. The van der Waals surface area contributed by atoms with E-state index in [9.17, 15) is 4.79 Å². The molecule has 110 valence electrons. The molecule has 0 aliphatic rings. The summed E-state index contributed by atoms with van der Waals surface area (Å²) in [6, 6.07) is 8.87. The summed E-state index contributed by atoms with van der Waals surface area (Å²) in [6.07, 6.45) is 2.06. The maximum Gasteiger partial charge on any atom is 0.257 e. The van der Waals surface area contributed by atoms with Gasteiger partial charge in [0.25, 0.3) is 5.91 Å². The van der Waals surface area contributed by atoms with Gasteiger partial charge in [0.2, 0.25) is 0 Å². The summed E-state index contributed by atoms with van der Waals surface area (Å²) in [7, 11) is 1.71. The van der Waals surface area contributed by atoms with E-state index in [4.69, 9.17) is 16.7 Å². The lowest BCUT2D eigenvalue weighted by Gasteiger charge is -2.08. The van der Waals surface area contributed by atoms with Gasteiger partial charge in [0.15, 0.2) is 0 Å². The Balaban J connectivity index is 2.08. The largest absolute Gasteiger partial charge is 0.396 e. The number of aliphatic hydroxyl groups excluding tert-OH is 1. The number of benzene rings is 1. The molecule has 6 heteroatoms. The topological polar surface area (TPSA) is 74.2 Å². The first kappa shape index (κ1) is 15.3. The number of halogens is 1. The molecule has 0 radical (unpaired) electrons. The first-order valence-electron chi connectivity index (χ1n) is 6.48. The molecule has 1 heterocycles. The quantitative estimate of drug-likeness (QED) is 0.793. The Bertz CT molecular complexity index is 629. The zero-order valence-electron chi connectivity index (χ0n) is 11.6. The molecule has 0 saturated heterocycles. The van der Waals surface area contributed by atoms with E-state index in [2.05, 4.69) is 15.6 Å². The predicted molar refractivity (Wildman–Crippen MR) is 84.0 cm³/mol. The molecule has 0 aliphatic heterocycles. The molecule has 0 unspecified atom stereocenters. The number of rotatable bonds is 5. The number of nitrogens with one attached hydrogen (secondary N) is 2. The second-order valence-corrected chi connectivity index (χ2v) is 4.84. The van der Waals surface area contributed by atoms with Crippen molar-refractivity contribution in [2.24, 2.45) is 0 Å². The van der Waals surface area contributed by atoms with Crippen molar-refractivity contribution >= 4 is 29.0 Å². The number of pyridine rings is 1. The molecular weight excluding hydrogens is 290 g/mol. The standard InChI is InChI=1S/C15H16ClN3O2/c1-17-14-13(16)8-11(9-18-14)15(21)19-12-4-2-10(3-5-12)6-7-20/h2-5,8-9,20H,6-7H2,1H3,(H,17,18)(H,19,21). The minimum Gasteiger partial charge on any atom is -0.396 e. The number of hydrogen-bond donors (Lipinski definition) is 3. The van der Waals surface area contributed by atoms with Crippen molar-refractivity contribution in [1.29, 1.82) is 0 Å². The zero-order valence-corrected chi connectivity index (χ0v) is 12.3. The summed E-state index contributed by atoms with van der Waals surface area (Å²) in [6.45, 7) is 0.105. The third-order valence-corrected chi connectivity index (χ3v) is 3.24. The van der Waals surface area contributed by atoms with Crippen LogP contribution >= 0.6 is 11.6 Å². The highest BCUT2D eigenvalue weighted by Gasteiger charge is 2.09. The molecule has 1 aromatic carbocycles. The minimum atomic E-state index is -0.276. The average molecular weight is 306 g/mol. The van der Waals surface area contributed by atoms with Gasteiger partial charge in [-0.25, -0.2) is 4.98 Å². The average Bonchev–Trinajstić information content (AvgIpc) is 2.49. The van der Waals surface area contributed by atoms with Crippen molar-refractivity contribution in [2.75, 3.05) is 24.3 Å². The third kappa shape index (κ3) is 3.93. The summed E-state index contributed by atoms with van der Waals surface area (Å²) >= 11 is 6.00. The fourth-order valence-corrected chi connectivity index (χ4v) is 2.09. The summed E-state index contributed by atoms with van der Waals surface area (Å²) in [4.78, 5) is 16.2. The second-order valence-electron chi connectivity index (χ2n) is 4.43. The molecule has 0 aliphatic carbocycles. The Morgan fingerprint density at radius 3 is 2.62 bits per heavy atom. The maximum absolute atomic E-state index is 12.1. The molecule has 1 amide bonds. The van der Waals surface area contributed by atoms with Gasteiger partial charge in [0, 0.05) is 25.5 Å². The van der Waals surface area contributed by atoms with Gasteiger partial charge in [-0.2, -0.15) is 0 Å². The Kier molecular flexibility index (Phi) is 5.14. The Labute approximate surface area is 128 Å². The lowest BCUT2D eigenvalue weighted by Crippen LogP contribution is -2.12. The molecule has 2 rings (SSSR count). The van der Waals surface area contributed by atoms with Gasteiger partial charge in [0.05, 0.1) is 10.6 Å². The van der Waals surface area contributed by atoms with Crippen LogP contribution in [0.5, 0.6) is 0 Å². The molecule has 0 bridgehead atoms. The SMILES string of the molecule is CNc1ncc(C(=O)Nc2ccc(CCO)cc2)cc1Cl. The van der Waals surface area contributed by atoms with Crippen molar-refractivity contribution in [3.05, 3.63) is 52.7 Å². The van der Waals surface area contributed by atoms with Crippen LogP contribution in [0.4, 0.5) is 11.5 Å². The van der Waals surface area contributed by atoms with Crippen LogP contribution in [0.25, 0.3) is 0 Å². The zero-order chi connectivity index (χ0) is 15.2. The van der Waals surface area contributed by atoms with Gasteiger partial charge in [-0.1, -0.05) is 23.7 Å². The van der Waals surface area contributed by atoms with Crippen molar-refractivity contribution in [1.82, 2.24) is 4.98 Å². The first-order chi connectivity index (χ1) is 10.1. The summed E-state index contributed by atoms with van der Waals surface area (Å²) in [5, 5.41) is 14.9. The number of nitrogens with zero attached hydrogens (tertiary/aromatic N) is 1. The molecule has 21 heavy (non-hydrogen) atoms. The van der Waals surface area contributed by atoms with Crippen LogP contribution in [-0.2, 0) is 6.42 Å². The molecule has 1 aromatic heterocycles. The Morgan fingerprint density at radius 1 is 1.33 bits per heavy atom. The van der Waals surface area contributed by atoms with Crippen molar-refractivity contribution in [2.45, 2.75) is 6.42 Å². The first-order valence-corrected chi connectivity index (χ1v) is 6.86. The normalized spacial score (nSPS) is 10.2. The van der Waals surface area contributed by atoms with Gasteiger partial charge in [-0.05, 0) is 30.2 Å². The van der Waals surface area contributed by atoms with Crippen LogP contribution in [0.1, 0.15) is 15.9 Å². The second kappa shape index (κ2) is 7.06. The van der Waals surface area contributed by atoms with Crippen LogP contribution in [0.2, 0.25) is 5.02 Å². The van der Waals surface area contributed by atoms with Crippen LogP contribution in [0.3, 0.4) is 0 Å². The van der Waals surface area contributed by atoms with E-state index in [1.54, 1.807) is 25.2 Å². The molecule has 0 spiro atoms. The maximum atomic E-state index is 12.1. The number of aromatic nitrogens is 1. The Morgan fingerprint density at radius 2 is 2.05 bits per heavy atom. The smallest absolute Gasteiger partial charge is 0.257 e. The van der Waals surface area contributed by atoms with Crippen LogP contribution < -0.4 is 10.6 Å². The van der Waals surface area contributed by atoms with Crippen LogP contribution in [0.15, 0.2) is 36.5 Å². The summed E-state index contributed by atoms with van der Waals surface area (Å²) in [5.74, 6) is 0.253. The summed E-state index contributed by atoms with van der Waals surface area (Å²) < 4.78 is 0. The van der Waals surface area contributed by atoms with Crippen molar-refractivity contribution < 1.29 is 9.90 Å². The highest BCUT2D eigenvalue weighted by atomic mass is 35.5. The number of hydrogen-bond acceptors (Lipinski definition) is 4. The van der Waals surface area contributed by atoms with E-state index in [0.717, 1.165) is 5.56 Å². The number of amides is 1. The van der Waals surface area contributed by atoms with E-state index >= 15 is 0 Å². The predicted octanol–water partition coefficient (Wildman–Crippen LogP) is 2.56. The molecule has 0 atom stereocenters. The van der Waals surface area contributed by atoms with Crippen molar-refractivity contribution in [3.8, 4) is 0 Å². The monoisotopic (exact) mass is 305 g/mol. The van der Waals surface area contributed by atoms with Gasteiger partial charge >= 0.3 is 0 Å². The van der Waals surface area contributed by atoms with Gasteiger partial charge in [0.1, 0.15) is 5.82 Å². The van der Waals surface area contributed by atoms with Crippen molar-refractivity contribution in [3.63, 3.8) is 0 Å². The Hall–Kier alpha value is -2.11. The number of aliphatic hydroxyl groups is 1. The van der Waals surface area contributed by atoms with Crippen LogP contribution in [-0.4, -0.2) is 29.7 Å². The third-order valence-electron chi connectivity index (χ3n) is 2.95. The number of carbonyl (C=O) groups excluding carboxylic acids is 1. The molecule has 2 aromatic rings. The van der Waals surface area contributed by atoms with E-state index in [1.165, 1.54) is 6.20 Å². The van der Waals surface area contributed by atoms with E-state index < -0.39 is 0 Å². The van der Waals surface area contributed by atoms with Crippen LogP contribution in [0, 0.1) is 0 Å². The number of carbonyl (C=O) groups is 1. The van der Waals surface area contributed by atoms with E-state index in [0.29, 0.717) is 28.5 Å². The lowest BCUT2D eigenvalue weighted by atomic mass is 10.1.